The number of rotatable bonds is 4. The predicted octanol–water partition coefficient (Wildman–Crippen LogP) is 1.07. The minimum Gasteiger partial charge on any atom is -0.480 e. The average Bonchev–Trinajstić information content (AvgIpc) is 2.92. The molecule has 1 aromatic carbocycles. The van der Waals surface area contributed by atoms with Crippen LogP contribution in [-0.4, -0.2) is 58.4 Å². The van der Waals surface area contributed by atoms with E-state index in [0.29, 0.717) is 26.2 Å². The second-order valence-corrected chi connectivity index (χ2v) is 5.21. The molecule has 1 atom stereocenters. The number of carboxylic acids is 1. The first kappa shape index (κ1) is 13.6. The Morgan fingerprint density at radius 2 is 1.95 bits per heavy atom. The number of benzene rings is 1. The fourth-order valence-corrected chi connectivity index (χ4v) is 2.91. The molecule has 1 aliphatic heterocycles. The van der Waals surface area contributed by atoms with Gasteiger partial charge in [-0.15, -0.1) is 0 Å². The molecule has 0 aliphatic carbocycles. The van der Waals surface area contributed by atoms with E-state index in [9.17, 15) is 14.7 Å². The maximum atomic E-state index is 11.8. The molecule has 1 aromatic heterocycles. The van der Waals surface area contributed by atoms with Gasteiger partial charge >= 0.3 is 5.97 Å². The van der Waals surface area contributed by atoms with E-state index < -0.39 is 12.0 Å². The molecule has 0 spiro atoms. The van der Waals surface area contributed by atoms with Crippen LogP contribution in [-0.2, 0) is 9.59 Å². The molecule has 6 nitrogen and oxygen atoms in total. The number of aromatic amines is 1. The lowest BCUT2D eigenvalue weighted by molar-refractivity contribution is -0.144. The molecular weight excluding hydrogens is 270 g/mol. The largest absolute Gasteiger partial charge is 0.480 e. The normalized spacial score (nSPS) is 17.8. The lowest BCUT2D eigenvalue weighted by atomic mass is 10.0. The third kappa shape index (κ3) is 2.50. The highest BCUT2D eigenvalue weighted by Crippen LogP contribution is 2.29. The Morgan fingerprint density at radius 3 is 2.62 bits per heavy atom. The SMILES string of the molecule is O=CN1CCN(C(C(=O)O)c2c[nH]c3ccccc23)CC1. The van der Waals surface area contributed by atoms with Crippen LogP contribution in [0.15, 0.2) is 30.5 Å². The Bertz CT molecular complexity index is 659. The number of para-hydroxylation sites is 1. The van der Waals surface area contributed by atoms with E-state index in [2.05, 4.69) is 4.98 Å². The van der Waals surface area contributed by atoms with Crippen molar-refractivity contribution < 1.29 is 14.7 Å². The summed E-state index contributed by atoms with van der Waals surface area (Å²) in [5.74, 6) is -0.862. The first-order chi connectivity index (χ1) is 10.2. The molecule has 1 aliphatic rings. The first-order valence-corrected chi connectivity index (χ1v) is 6.93. The molecule has 1 amide bonds. The number of H-pyrrole nitrogens is 1. The molecule has 110 valence electrons. The van der Waals surface area contributed by atoms with Gasteiger partial charge in [0.25, 0.3) is 0 Å². The molecule has 6 heteroatoms. The number of amides is 1. The summed E-state index contributed by atoms with van der Waals surface area (Å²) in [6.07, 6.45) is 2.59. The van der Waals surface area contributed by atoms with Crippen molar-refractivity contribution in [2.75, 3.05) is 26.2 Å². The van der Waals surface area contributed by atoms with Crippen molar-refractivity contribution in [1.29, 1.82) is 0 Å². The van der Waals surface area contributed by atoms with Crippen LogP contribution in [0.5, 0.6) is 0 Å². The van der Waals surface area contributed by atoms with Gasteiger partial charge in [-0.3, -0.25) is 14.5 Å². The maximum Gasteiger partial charge on any atom is 0.325 e. The Hall–Kier alpha value is -2.34. The minimum atomic E-state index is -0.862. The van der Waals surface area contributed by atoms with Gasteiger partial charge in [0.2, 0.25) is 6.41 Å². The molecule has 21 heavy (non-hydrogen) atoms. The molecule has 1 unspecified atom stereocenters. The number of nitrogens with one attached hydrogen (secondary N) is 1. The second kappa shape index (κ2) is 5.57. The lowest BCUT2D eigenvalue weighted by Crippen LogP contribution is -2.48. The summed E-state index contributed by atoms with van der Waals surface area (Å²) in [5.41, 5.74) is 1.71. The van der Waals surface area contributed by atoms with Crippen molar-refractivity contribution in [3.8, 4) is 0 Å². The van der Waals surface area contributed by atoms with Gasteiger partial charge in [-0.1, -0.05) is 18.2 Å². The highest BCUT2D eigenvalue weighted by atomic mass is 16.4. The number of hydrogen-bond donors (Lipinski definition) is 2. The van der Waals surface area contributed by atoms with Crippen molar-refractivity contribution in [2.24, 2.45) is 0 Å². The topological polar surface area (TPSA) is 76.6 Å². The predicted molar refractivity (Wildman–Crippen MR) is 77.9 cm³/mol. The van der Waals surface area contributed by atoms with Gasteiger partial charge in [-0.25, -0.2) is 0 Å². The van der Waals surface area contributed by atoms with Crippen molar-refractivity contribution in [3.05, 3.63) is 36.0 Å². The number of carbonyl (C=O) groups is 2. The van der Waals surface area contributed by atoms with E-state index in [1.807, 2.05) is 29.2 Å². The lowest BCUT2D eigenvalue weighted by Gasteiger charge is -2.36. The van der Waals surface area contributed by atoms with Gasteiger partial charge in [0.15, 0.2) is 0 Å². The van der Waals surface area contributed by atoms with Gasteiger partial charge in [0.05, 0.1) is 0 Å². The number of fused-ring (bicyclic) bond motifs is 1. The summed E-state index contributed by atoms with van der Waals surface area (Å²) in [5, 5.41) is 10.6. The molecule has 3 rings (SSSR count). The third-order valence-corrected chi connectivity index (χ3v) is 4.01. The summed E-state index contributed by atoms with van der Waals surface area (Å²) in [4.78, 5) is 29.2. The summed E-state index contributed by atoms with van der Waals surface area (Å²) >= 11 is 0. The number of aliphatic carboxylic acids is 1. The third-order valence-electron chi connectivity index (χ3n) is 4.01. The zero-order valence-electron chi connectivity index (χ0n) is 11.5. The quantitative estimate of drug-likeness (QED) is 0.825. The van der Waals surface area contributed by atoms with Crippen LogP contribution in [0.25, 0.3) is 10.9 Å². The molecule has 2 N–H and O–H groups in total. The fourth-order valence-electron chi connectivity index (χ4n) is 2.91. The number of piperazine rings is 1. The van der Waals surface area contributed by atoms with Gasteiger partial charge in [-0.05, 0) is 6.07 Å². The van der Waals surface area contributed by atoms with E-state index in [1.165, 1.54) is 0 Å². The van der Waals surface area contributed by atoms with E-state index in [4.69, 9.17) is 0 Å². The first-order valence-electron chi connectivity index (χ1n) is 6.93. The van der Waals surface area contributed by atoms with Crippen LogP contribution >= 0.6 is 0 Å². The summed E-state index contributed by atoms with van der Waals surface area (Å²) < 4.78 is 0. The second-order valence-electron chi connectivity index (χ2n) is 5.21. The molecular formula is C15H17N3O3. The van der Waals surface area contributed by atoms with E-state index in [1.54, 1.807) is 11.1 Å². The van der Waals surface area contributed by atoms with Crippen LogP contribution in [0.4, 0.5) is 0 Å². The molecule has 0 radical (unpaired) electrons. The summed E-state index contributed by atoms with van der Waals surface area (Å²) in [6, 6.07) is 7.00. The zero-order valence-corrected chi connectivity index (χ0v) is 11.5. The molecule has 0 saturated carbocycles. The van der Waals surface area contributed by atoms with Crippen molar-refractivity contribution in [3.63, 3.8) is 0 Å². The van der Waals surface area contributed by atoms with Gasteiger partial charge in [0.1, 0.15) is 6.04 Å². The molecule has 1 saturated heterocycles. The number of hydrogen-bond acceptors (Lipinski definition) is 3. The number of nitrogens with zero attached hydrogens (tertiary/aromatic N) is 2. The summed E-state index contributed by atoms with van der Waals surface area (Å²) in [6.45, 7) is 2.26. The Balaban J connectivity index is 1.92. The van der Waals surface area contributed by atoms with Crippen LogP contribution < -0.4 is 0 Å². The van der Waals surface area contributed by atoms with Gasteiger partial charge in [-0.2, -0.15) is 0 Å². The van der Waals surface area contributed by atoms with Crippen molar-refractivity contribution in [1.82, 2.24) is 14.8 Å². The van der Waals surface area contributed by atoms with E-state index in [0.717, 1.165) is 22.9 Å². The van der Waals surface area contributed by atoms with Crippen molar-refractivity contribution in [2.45, 2.75) is 6.04 Å². The highest BCUT2D eigenvalue weighted by molar-refractivity contribution is 5.89. The fraction of sp³-hybridized carbons (Fsp3) is 0.333. The van der Waals surface area contributed by atoms with Crippen LogP contribution in [0, 0.1) is 0 Å². The van der Waals surface area contributed by atoms with E-state index >= 15 is 0 Å². The summed E-state index contributed by atoms with van der Waals surface area (Å²) in [7, 11) is 0. The minimum absolute atomic E-state index is 0.565. The Kier molecular flexibility index (Phi) is 3.62. The maximum absolute atomic E-state index is 11.8. The Morgan fingerprint density at radius 1 is 1.24 bits per heavy atom. The smallest absolute Gasteiger partial charge is 0.325 e. The average molecular weight is 287 g/mol. The van der Waals surface area contributed by atoms with E-state index in [-0.39, 0.29) is 0 Å². The molecule has 2 aromatic rings. The van der Waals surface area contributed by atoms with Crippen molar-refractivity contribution >= 4 is 23.3 Å². The molecule has 1 fully saturated rings. The number of carboxylic acid groups (broad SMARTS) is 1. The monoisotopic (exact) mass is 287 g/mol. The van der Waals surface area contributed by atoms with Crippen LogP contribution in [0.2, 0.25) is 0 Å². The Labute approximate surface area is 122 Å². The molecule has 0 bridgehead atoms. The molecule has 2 heterocycles. The van der Waals surface area contributed by atoms with Crippen LogP contribution in [0.1, 0.15) is 11.6 Å². The standard InChI is InChI=1S/C15H17N3O3/c19-10-17-5-7-18(8-6-17)14(15(20)21)12-9-16-13-4-2-1-3-11(12)13/h1-4,9-10,14,16H,5-8H2,(H,20,21). The van der Waals surface area contributed by atoms with Gasteiger partial charge < -0.3 is 15.0 Å². The zero-order chi connectivity index (χ0) is 14.8. The highest BCUT2D eigenvalue weighted by Gasteiger charge is 2.31. The van der Waals surface area contributed by atoms with Gasteiger partial charge in [0, 0.05) is 48.8 Å². The van der Waals surface area contributed by atoms with Crippen LogP contribution in [0.3, 0.4) is 0 Å². The number of aromatic nitrogens is 1. The number of carbonyl (C=O) groups excluding carboxylic acids is 1.